The van der Waals surface area contributed by atoms with Crippen LogP contribution >= 0.6 is 0 Å². The topological polar surface area (TPSA) is 3.24 Å². The number of hydrogen-bond donors (Lipinski definition) is 0. The second-order valence-electron chi connectivity index (χ2n) is 3.02. The molecule has 0 atom stereocenters. The predicted octanol–water partition coefficient (Wildman–Crippen LogP) is 0.00230. The van der Waals surface area contributed by atoms with Gasteiger partial charge in [0.15, 0.2) is 7.31 Å². The zero-order valence-corrected chi connectivity index (χ0v) is 9.37. The summed E-state index contributed by atoms with van der Waals surface area (Å²) in [6.45, 7) is 8.96. The van der Waals surface area contributed by atoms with Gasteiger partial charge in [-0.25, -0.2) is 0 Å². The molecule has 0 fully saturated rings. The second kappa shape index (κ2) is 6.51. The van der Waals surface area contributed by atoms with E-state index in [1.807, 2.05) is 0 Å². The van der Waals surface area contributed by atoms with Crippen molar-refractivity contribution in [2.45, 2.75) is 39.8 Å². The van der Waals surface area contributed by atoms with Crippen molar-refractivity contribution in [2.24, 2.45) is 0 Å². The monoisotopic (exact) mass is 173 g/mol. The largest absolute Gasteiger partial charge is 0.349 e. The molecule has 0 heterocycles. The van der Waals surface area contributed by atoms with Crippen LogP contribution in [-0.4, -0.2) is 31.9 Å². The zero-order valence-electron chi connectivity index (χ0n) is 7.81. The molecule has 0 rings (SSSR count). The van der Waals surface area contributed by atoms with Crippen LogP contribution in [-0.2, 0) is 21.7 Å². The van der Waals surface area contributed by atoms with E-state index in [1.54, 1.807) is 0 Å². The Kier molecular flexibility index (Phi) is 8.72. The second-order valence-corrected chi connectivity index (χ2v) is 3.02. The first kappa shape index (κ1) is 13.4. The molecule has 0 radical (unpaired) electrons. The molecule has 4 heteroatoms. The summed E-state index contributed by atoms with van der Waals surface area (Å²) in [6, 6.07) is 1.38. The SMILES string of the molecule is BBN(C(C)C)C(C)C.[Ti]. The Morgan fingerprint density at radius 1 is 1.10 bits per heavy atom. The molecule has 0 amide bonds. The molecule has 10 heavy (non-hydrogen) atoms. The Bertz CT molecular complexity index is 70.1. The third-order valence-corrected chi connectivity index (χ3v) is 1.69. The first-order valence-electron chi connectivity index (χ1n) is 3.85. The summed E-state index contributed by atoms with van der Waals surface area (Å²) < 4.78 is 0. The smallest absolute Gasteiger partial charge is 0.161 e. The van der Waals surface area contributed by atoms with Gasteiger partial charge in [0.1, 0.15) is 0 Å². The molecule has 0 aromatic heterocycles. The van der Waals surface area contributed by atoms with Crippen LogP contribution in [0.15, 0.2) is 0 Å². The molecule has 0 spiro atoms. The molecule has 0 aromatic rings. The van der Waals surface area contributed by atoms with Crippen molar-refractivity contribution in [3.05, 3.63) is 0 Å². The van der Waals surface area contributed by atoms with Crippen LogP contribution in [0.4, 0.5) is 0 Å². The molecule has 0 bridgehead atoms. The van der Waals surface area contributed by atoms with Crippen LogP contribution in [0.25, 0.3) is 0 Å². The summed E-state index contributed by atoms with van der Waals surface area (Å²) in [5, 5.41) is 0. The van der Waals surface area contributed by atoms with E-state index in [4.69, 9.17) is 0 Å². The summed E-state index contributed by atoms with van der Waals surface area (Å²) in [5.74, 6) is 0. The van der Waals surface area contributed by atoms with Gasteiger partial charge in [-0.3, -0.25) is 0 Å². The van der Waals surface area contributed by atoms with Gasteiger partial charge in [0.25, 0.3) is 0 Å². The van der Waals surface area contributed by atoms with Gasteiger partial charge in [0, 0.05) is 21.7 Å². The first-order chi connectivity index (χ1) is 4.09. The third kappa shape index (κ3) is 4.59. The quantitative estimate of drug-likeness (QED) is 0.542. The van der Waals surface area contributed by atoms with Crippen molar-refractivity contribution in [3.8, 4) is 0 Å². The Hall–Kier alpha value is 0.804. The molecule has 0 unspecified atom stereocenters. The van der Waals surface area contributed by atoms with Gasteiger partial charge < -0.3 is 4.81 Å². The summed E-state index contributed by atoms with van der Waals surface area (Å²) >= 11 is 0. The molecule has 1 nitrogen and oxygen atoms in total. The molecular formula is C6H17B2NTi. The van der Waals surface area contributed by atoms with Gasteiger partial charge in [-0.15, -0.1) is 0 Å². The van der Waals surface area contributed by atoms with E-state index >= 15 is 0 Å². The molecular weight excluding hydrogens is 156 g/mol. The fraction of sp³-hybridized carbons (Fsp3) is 1.00. The summed E-state index contributed by atoms with van der Waals surface area (Å²) in [4.78, 5) is 2.46. The molecule has 0 aliphatic heterocycles. The van der Waals surface area contributed by atoms with Gasteiger partial charge in [-0.1, -0.05) is 27.7 Å². The van der Waals surface area contributed by atoms with Crippen molar-refractivity contribution in [3.63, 3.8) is 0 Å². The molecule has 0 saturated heterocycles. The van der Waals surface area contributed by atoms with Crippen LogP contribution in [0.1, 0.15) is 27.7 Å². The molecule has 0 aromatic carbocycles. The minimum atomic E-state index is 0. The van der Waals surface area contributed by atoms with Gasteiger partial charge in [-0.2, -0.15) is 0 Å². The summed E-state index contributed by atoms with van der Waals surface area (Å²) in [6.07, 6.45) is 0. The van der Waals surface area contributed by atoms with E-state index in [0.29, 0.717) is 12.1 Å². The number of rotatable bonds is 3. The zero-order chi connectivity index (χ0) is 7.44. The molecule has 0 aliphatic rings. The van der Waals surface area contributed by atoms with Crippen LogP contribution < -0.4 is 0 Å². The third-order valence-electron chi connectivity index (χ3n) is 1.69. The minimum Gasteiger partial charge on any atom is -0.349 e. The van der Waals surface area contributed by atoms with Crippen molar-refractivity contribution in [1.29, 1.82) is 0 Å². The normalized spacial score (nSPS) is 10.3. The van der Waals surface area contributed by atoms with Crippen LogP contribution in [0.3, 0.4) is 0 Å². The predicted molar refractivity (Wildman–Crippen MR) is 47.8 cm³/mol. The Labute approximate surface area is 81.5 Å². The van der Waals surface area contributed by atoms with Crippen molar-refractivity contribution >= 4 is 15.0 Å². The maximum absolute atomic E-state index is 2.46. The molecule has 0 N–H and O–H groups in total. The fourth-order valence-electron chi connectivity index (χ4n) is 1.33. The van der Waals surface area contributed by atoms with E-state index in [2.05, 4.69) is 40.2 Å². The maximum atomic E-state index is 2.46. The first-order valence-corrected chi connectivity index (χ1v) is 3.85. The van der Waals surface area contributed by atoms with Crippen molar-refractivity contribution < 1.29 is 21.7 Å². The molecule has 56 valence electrons. The van der Waals surface area contributed by atoms with Crippen LogP contribution in [0, 0.1) is 0 Å². The van der Waals surface area contributed by atoms with E-state index < -0.39 is 0 Å². The van der Waals surface area contributed by atoms with Gasteiger partial charge >= 0.3 is 0 Å². The van der Waals surface area contributed by atoms with Crippen LogP contribution in [0.5, 0.6) is 0 Å². The van der Waals surface area contributed by atoms with Crippen molar-refractivity contribution in [1.82, 2.24) is 4.81 Å². The van der Waals surface area contributed by atoms with E-state index in [0.717, 1.165) is 7.31 Å². The van der Waals surface area contributed by atoms with Gasteiger partial charge in [0.05, 0.1) is 7.74 Å². The number of nitrogens with zero attached hydrogens (tertiary/aromatic N) is 1. The molecule has 0 aliphatic carbocycles. The van der Waals surface area contributed by atoms with Crippen LogP contribution in [0.2, 0.25) is 0 Å². The Balaban J connectivity index is 0. The minimum absolute atomic E-state index is 0. The van der Waals surface area contributed by atoms with Crippen molar-refractivity contribution in [2.75, 3.05) is 0 Å². The van der Waals surface area contributed by atoms with Gasteiger partial charge in [0.2, 0.25) is 0 Å². The average Bonchev–Trinajstić information content (AvgIpc) is 1.64. The summed E-state index contributed by atoms with van der Waals surface area (Å²) in [7, 11) is 3.37. The van der Waals surface area contributed by atoms with E-state index in [-0.39, 0.29) is 21.7 Å². The maximum Gasteiger partial charge on any atom is 0.161 e. The van der Waals surface area contributed by atoms with E-state index in [1.165, 1.54) is 0 Å². The Morgan fingerprint density at radius 3 is 1.40 bits per heavy atom. The van der Waals surface area contributed by atoms with Gasteiger partial charge in [-0.05, 0) is 12.1 Å². The molecule has 0 saturated carbocycles. The van der Waals surface area contributed by atoms with E-state index in [9.17, 15) is 0 Å². The standard InChI is InChI=1S/C6H17B2N.Ti/c1-5(2)9(8-7)6(3)4;/h5-6,8H,7H2,1-4H3;. The fourth-order valence-corrected chi connectivity index (χ4v) is 1.33. The average molecular weight is 173 g/mol. The number of hydrogen-bond acceptors (Lipinski definition) is 1. The Morgan fingerprint density at radius 2 is 1.40 bits per heavy atom. The summed E-state index contributed by atoms with van der Waals surface area (Å²) in [5.41, 5.74) is 0.